The van der Waals surface area contributed by atoms with Crippen molar-refractivity contribution in [2.75, 3.05) is 0 Å². The van der Waals surface area contributed by atoms with Crippen LogP contribution in [0.2, 0.25) is 0 Å². The highest BCUT2D eigenvalue weighted by atomic mass is 16.3. The summed E-state index contributed by atoms with van der Waals surface area (Å²) in [6.45, 7) is 0. The molecule has 0 spiro atoms. The molecule has 11 rings (SSSR count). The summed E-state index contributed by atoms with van der Waals surface area (Å²) in [6, 6.07) is 61.1. The number of benzene rings is 8. The predicted octanol–water partition coefficient (Wildman–Crippen LogP) is 12.5. The molecule has 5 heteroatoms. The summed E-state index contributed by atoms with van der Waals surface area (Å²) in [7, 11) is 0. The second-order valence-electron chi connectivity index (χ2n) is 13.8. The van der Waals surface area contributed by atoms with E-state index >= 15 is 0 Å². The van der Waals surface area contributed by atoms with Crippen LogP contribution in [-0.2, 0) is 0 Å². The lowest BCUT2D eigenvalue weighted by molar-refractivity contribution is 0.662. The Bertz CT molecular complexity index is 3130. The van der Waals surface area contributed by atoms with Crippen molar-refractivity contribution in [2.24, 2.45) is 9.98 Å². The first kappa shape index (κ1) is 30.4. The topological polar surface area (TPSA) is 63.0 Å². The maximum Gasteiger partial charge on any atom is 0.159 e. The zero-order valence-electron chi connectivity index (χ0n) is 29.0. The van der Waals surface area contributed by atoms with E-state index in [2.05, 4.69) is 145 Å². The Morgan fingerprint density at radius 2 is 1.02 bits per heavy atom. The van der Waals surface area contributed by atoms with E-state index in [1.807, 2.05) is 36.4 Å². The largest absolute Gasteiger partial charge is 0.456 e. The van der Waals surface area contributed by atoms with Crippen LogP contribution < -0.4 is 5.32 Å². The van der Waals surface area contributed by atoms with Crippen LogP contribution in [0.25, 0.3) is 76.9 Å². The van der Waals surface area contributed by atoms with Gasteiger partial charge in [0.2, 0.25) is 0 Å². The van der Waals surface area contributed by atoms with Gasteiger partial charge in [-0.3, -0.25) is 0 Å². The number of hydrogen-bond acceptors (Lipinski definition) is 5. The van der Waals surface area contributed by atoms with Crippen LogP contribution in [0.5, 0.6) is 0 Å². The van der Waals surface area contributed by atoms with E-state index in [0.29, 0.717) is 5.84 Å². The molecule has 0 bridgehead atoms. The average Bonchev–Trinajstić information content (AvgIpc) is 3.81. The standard InChI is InChI=1S/C49H31N3O2/c1-2-10-30(11-3-1)32-18-21-33(22-19-32)47-50-48(36-23-20-31-12-4-5-13-34(31)26-36)52-49(51-47)41-27-37(29-45-46(41)40-15-7-9-17-43(40)54-45)35-24-25-39-38-14-6-8-16-42(38)53-44(39)28-35/h1-29,49H,(H,50,51,52). The lowest BCUT2D eigenvalue weighted by Crippen LogP contribution is -2.33. The molecule has 0 aliphatic carbocycles. The van der Waals surface area contributed by atoms with Crippen molar-refractivity contribution in [1.82, 2.24) is 5.32 Å². The van der Waals surface area contributed by atoms with Gasteiger partial charge in [0.15, 0.2) is 5.84 Å². The summed E-state index contributed by atoms with van der Waals surface area (Å²) in [5.41, 5.74) is 10.7. The summed E-state index contributed by atoms with van der Waals surface area (Å²) in [5.74, 6) is 1.43. The Morgan fingerprint density at radius 1 is 0.407 bits per heavy atom. The minimum absolute atomic E-state index is 0.467. The second-order valence-corrected chi connectivity index (χ2v) is 13.8. The van der Waals surface area contributed by atoms with Gasteiger partial charge in [-0.25, -0.2) is 9.98 Å². The molecule has 2 aromatic heterocycles. The van der Waals surface area contributed by atoms with Crippen molar-refractivity contribution < 1.29 is 8.83 Å². The van der Waals surface area contributed by atoms with E-state index in [1.54, 1.807) is 0 Å². The maximum atomic E-state index is 6.58. The molecule has 8 aromatic carbocycles. The van der Waals surface area contributed by atoms with Crippen molar-refractivity contribution in [3.63, 3.8) is 0 Å². The average molecular weight is 694 g/mol. The van der Waals surface area contributed by atoms with Gasteiger partial charge in [0.1, 0.15) is 34.3 Å². The fourth-order valence-electron chi connectivity index (χ4n) is 7.84. The minimum atomic E-state index is -0.467. The van der Waals surface area contributed by atoms with E-state index < -0.39 is 6.17 Å². The molecule has 3 heterocycles. The third-order valence-electron chi connectivity index (χ3n) is 10.5. The third-order valence-corrected chi connectivity index (χ3v) is 10.5. The van der Waals surface area contributed by atoms with Crippen LogP contribution in [0, 0.1) is 0 Å². The molecule has 0 radical (unpaired) electrons. The molecule has 1 aliphatic heterocycles. The normalized spacial score (nSPS) is 14.5. The monoisotopic (exact) mass is 693 g/mol. The van der Waals surface area contributed by atoms with E-state index in [0.717, 1.165) is 88.5 Å². The fourth-order valence-corrected chi connectivity index (χ4v) is 7.84. The molecule has 0 saturated heterocycles. The SMILES string of the molecule is c1ccc(-c2ccc(C3=NC(c4ccc5ccccc5c4)=NC(c4cc(-c5ccc6c(c5)oc5ccccc56)cc5oc6ccccc6c45)N3)cc2)cc1. The lowest BCUT2D eigenvalue weighted by atomic mass is 9.96. The maximum absolute atomic E-state index is 6.58. The Labute approximate surface area is 310 Å². The van der Waals surface area contributed by atoms with Crippen molar-refractivity contribution in [1.29, 1.82) is 0 Å². The number of amidine groups is 2. The van der Waals surface area contributed by atoms with Crippen LogP contribution in [0.4, 0.5) is 0 Å². The number of rotatable bonds is 5. The van der Waals surface area contributed by atoms with Gasteiger partial charge in [-0.1, -0.05) is 133 Å². The Balaban J connectivity index is 1.10. The summed E-state index contributed by atoms with van der Waals surface area (Å²) < 4.78 is 12.9. The molecule has 1 atom stereocenters. The van der Waals surface area contributed by atoms with Crippen LogP contribution >= 0.6 is 0 Å². The van der Waals surface area contributed by atoms with Gasteiger partial charge in [-0.15, -0.1) is 0 Å². The quantitative estimate of drug-likeness (QED) is 0.195. The van der Waals surface area contributed by atoms with Crippen LogP contribution in [0.1, 0.15) is 22.9 Å². The number of para-hydroxylation sites is 2. The predicted molar refractivity (Wildman–Crippen MR) is 221 cm³/mol. The van der Waals surface area contributed by atoms with Gasteiger partial charge >= 0.3 is 0 Å². The van der Waals surface area contributed by atoms with E-state index in [1.165, 1.54) is 10.9 Å². The number of nitrogens with zero attached hydrogens (tertiary/aromatic N) is 2. The molecule has 0 amide bonds. The zero-order chi connectivity index (χ0) is 35.6. The Hall–Kier alpha value is -7.24. The van der Waals surface area contributed by atoms with Gasteiger partial charge in [-0.2, -0.15) is 0 Å². The highest BCUT2D eigenvalue weighted by Crippen LogP contribution is 2.40. The van der Waals surface area contributed by atoms with Crippen molar-refractivity contribution >= 4 is 66.3 Å². The van der Waals surface area contributed by atoms with Crippen LogP contribution in [0.3, 0.4) is 0 Å². The summed E-state index contributed by atoms with van der Waals surface area (Å²) >= 11 is 0. The number of hydrogen-bond donors (Lipinski definition) is 1. The van der Waals surface area contributed by atoms with Gasteiger partial charge in [-0.05, 0) is 75.5 Å². The first-order chi connectivity index (χ1) is 26.7. The van der Waals surface area contributed by atoms with Crippen molar-refractivity contribution in [3.8, 4) is 22.3 Å². The fraction of sp³-hybridized carbons (Fsp3) is 0.0204. The van der Waals surface area contributed by atoms with Crippen molar-refractivity contribution in [2.45, 2.75) is 6.17 Å². The highest BCUT2D eigenvalue weighted by Gasteiger charge is 2.26. The van der Waals surface area contributed by atoms with Crippen LogP contribution in [-0.4, -0.2) is 11.7 Å². The van der Waals surface area contributed by atoms with E-state index in [-0.39, 0.29) is 0 Å². The summed E-state index contributed by atoms with van der Waals surface area (Å²) in [5, 5.41) is 10.3. The second kappa shape index (κ2) is 12.2. The third kappa shape index (κ3) is 5.09. The smallest absolute Gasteiger partial charge is 0.159 e. The van der Waals surface area contributed by atoms with Crippen LogP contribution in [0.15, 0.2) is 195 Å². The lowest BCUT2D eigenvalue weighted by Gasteiger charge is -2.25. The molecule has 54 heavy (non-hydrogen) atoms. The molecular weight excluding hydrogens is 663 g/mol. The molecule has 254 valence electrons. The van der Waals surface area contributed by atoms with Gasteiger partial charge in [0.05, 0.1) is 0 Å². The molecule has 0 saturated carbocycles. The number of furan rings is 2. The number of fused-ring (bicyclic) bond motifs is 7. The molecular formula is C49H31N3O2. The number of aliphatic imine (C=N–C) groups is 2. The number of nitrogens with one attached hydrogen (secondary N) is 1. The zero-order valence-corrected chi connectivity index (χ0v) is 29.0. The van der Waals surface area contributed by atoms with E-state index in [4.69, 9.17) is 18.8 Å². The van der Waals surface area contributed by atoms with Gasteiger partial charge in [0.25, 0.3) is 0 Å². The molecule has 10 aromatic rings. The summed E-state index contributed by atoms with van der Waals surface area (Å²) in [4.78, 5) is 10.6. The first-order valence-corrected chi connectivity index (χ1v) is 18.2. The summed E-state index contributed by atoms with van der Waals surface area (Å²) in [6.07, 6.45) is -0.467. The van der Waals surface area contributed by atoms with Crippen molar-refractivity contribution in [3.05, 3.63) is 193 Å². The first-order valence-electron chi connectivity index (χ1n) is 18.2. The molecule has 1 aliphatic rings. The van der Waals surface area contributed by atoms with E-state index in [9.17, 15) is 0 Å². The van der Waals surface area contributed by atoms with Gasteiger partial charge < -0.3 is 14.2 Å². The molecule has 0 fully saturated rings. The molecule has 1 unspecified atom stereocenters. The molecule has 1 N–H and O–H groups in total. The Morgan fingerprint density at radius 3 is 1.87 bits per heavy atom. The van der Waals surface area contributed by atoms with Gasteiger partial charge in [0, 0.05) is 38.2 Å². The Kier molecular flexibility index (Phi) is 6.85. The molecule has 5 nitrogen and oxygen atoms in total. The minimum Gasteiger partial charge on any atom is -0.456 e. The highest BCUT2D eigenvalue weighted by molar-refractivity contribution is 6.15.